The molecule has 1 heterocycles. The zero-order valence-electron chi connectivity index (χ0n) is 33.8. The van der Waals surface area contributed by atoms with Gasteiger partial charge in [-0.15, -0.1) is 0 Å². The maximum atomic E-state index is 14.7. The van der Waals surface area contributed by atoms with Gasteiger partial charge in [-0.2, -0.15) is 0 Å². The third-order valence-electron chi connectivity index (χ3n) is 8.99. The summed E-state index contributed by atoms with van der Waals surface area (Å²) >= 11 is 2.93. The van der Waals surface area contributed by atoms with E-state index in [1.165, 1.54) is 49.9 Å². The minimum absolute atomic E-state index is 0.182. The first-order valence-corrected chi connectivity index (χ1v) is 21.0. The molecule has 0 saturated carbocycles. The molecule has 0 spiro atoms. The number of rotatable bonds is 20. The van der Waals surface area contributed by atoms with Gasteiger partial charge in [0.05, 0.1) is 13.2 Å². The predicted molar refractivity (Wildman–Crippen MR) is 227 cm³/mol. The molecule has 1 aliphatic heterocycles. The summed E-state index contributed by atoms with van der Waals surface area (Å²) < 4.78 is 86.6. The number of hydrogen-bond donors (Lipinski definition) is 2. The lowest BCUT2D eigenvalue weighted by Gasteiger charge is -2.34. The second-order valence-corrected chi connectivity index (χ2v) is 15.5. The van der Waals surface area contributed by atoms with Gasteiger partial charge < -0.3 is 18.9 Å². The number of hydrogen-bond acceptors (Lipinski definition) is 12. The predicted octanol–water partition coefficient (Wildman–Crippen LogP) is 9.27. The molecule has 5 rings (SSSR count). The molecule has 4 aromatic carbocycles. The molecule has 320 valence electrons. The van der Waals surface area contributed by atoms with Gasteiger partial charge in [0.25, 0.3) is 0 Å². The lowest BCUT2D eigenvalue weighted by molar-refractivity contribution is -0.139. The summed E-state index contributed by atoms with van der Waals surface area (Å²) in [5.41, 5.74) is 0.813. The van der Waals surface area contributed by atoms with E-state index in [9.17, 15) is 27.2 Å². The first-order valence-electron chi connectivity index (χ1n) is 19.4. The summed E-state index contributed by atoms with van der Waals surface area (Å²) in [7, 11) is 0. The molecular weight excluding hydrogens is 821 g/mol. The van der Waals surface area contributed by atoms with Gasteiger partial charge in [0.2, 0.25) is 0 Å². The Bertz CT molecular complexity index is 1940. The maximum absolute atomic E-state index is 14.7. The van der Waals surface area contributed by atoms with Gasteiger partial charge in [-0.1, -0.05) is 0 Å². The van der Waals surface area contributed by atoms with Crippen LogP contribution in [-0.2, 0) is 19.1 Å². The Morgan fingerprint density at radius 1 is 0.600 bits per heavy atom. The van der Waals surface area contributed by atoms with Gasteiger partial charge >= 0.3 is 11.9 Å². The van der Waals surface area contributed by atoms with Crippen LogP contribution in [0.5, 0.6) is 23.0 Å². The van der Waals surface area contributed by atoms with E-state index in [1.54, 1.807) is 62.4 Å². The normalized spacial score (nSPS) is 13.9. The van der Waals surface area contributed by atoms with Crippen molar-refractivity contribution in [2.75, 3.05) is 65.6 Å². The fraction of sp³-hybridized carbons (Fsp3) is 0.318. The summed E-state index contributed by atoms with van der Waals surface area (Å²) in [5, 5.41) is 0. The Kier molecular flexibility index (Phi) is 17.9. The molecule has 1 fully saturated rings. The molecule has 10 nitrogen and oxygen atoms in total. The number of benzene rings is 4. The minimum Gasteiger partial charge on any atom is -0.463 e. The van der Waals surface area contributed by atoms with Crippen molar-refractivity contribution in [3.05, 3.63) is 118 Å². The lowest BCUT2D eigenvalue weighted by atomic mass is 10.1. The van der Waals surface area contributed by atoms with Crippen LogP contribution in [0.3, 0.4) is 0 Å². The van der Waals surface area contributed by atoms with Crippen LogP contribution in [0.1, 0.15) is 38.8 Å². The number of piperazine rings is 1. The van der Waals surface area contributed by atoms with E-state index in [2.05, 4.69) is 19.2 Å². The number of halogens is 4. The van der Waals surface area contributed by atoms with Gasteiger partial charge in [-0.3, -0.25) is 19.2 Å². The largest absolute Gasteiger partial charge is 0.463 e. The number of carbonyl (C=O) groups excluding carboxylic acids is 2. The van der Waals surface area contributed by atoms with Gasteiger partial charge in [0, 0.05) is 73.3 Å². The molecule has 60 heavy (non-hydrogen) atoms. The number of nitrogens with one attached hydrogen (secondary N) is 2. The summed E-state index contributed by atoms with van der Waals surface area (Å²) in [5.74, 6) is -5.14. The van der Waals surface area contributed by atoms with E-state index in [0.29, 0.717) is 0 Å². The number of carbonyl (C=O) groups is 2. The van der Waals surface area contributed by atoms with Crippen molar-refractivity contribution in [1.29, 1.82) is 0 Å². The van der Waals surface area contributed by atoms with Crippen molar-refractivity contribution in [2.45, 2.75) is 37.5 Å². The third kappa shape index (κ3) is 14.1. The van der Waals surface area contributed by atoms with E-state index in [4.69, 9.17) is 18.9 Å². The van der Waals surface area contributed by atoms with Gasteiger partial charge in [-0.05, 0) is 148 Å². The Labute approximate surface area is 356 Å². The standard InChI is InChI=1S/C44H48F4N4O6S2/c1-5-55-43(53)29(3)23-31-25-37(45)41(38(46)26-31)57-33-7-11-35(12-8-33)59-49-15-17-51-19-21-52(22-20-51)18-16-50-60-36-13-9-34(10-14-36)58-42-39(47)27-32(28-40(42)48)24-30(4)44(54)56-6-2/h7-14,23-28,49-50H,5-6,15-22H2,1-4H3/b29-23+,30-24+. The SMILES string of the molecule is CCOC(=O)/C(C)=C/c1cc(F)c(Oc2ccc(SNCCN3CCN(CCNSc4ccc(Oc5c(F)cc(/C=C(\C)C(=O)OCC)cc5F)cc4)CC3)cc2)c(F)c1. The number of nitrogens with zero attached hydrogens (tertiary/aromatic N) is 2. The monoisotopic (exact) mass is 868 g/mol. The van der Waals surface area contributed by atoms with Crippen LogP contribution in [0.2, 0.25) is 0 Å². The first kappa shape index (κ1) is 46.2. The van der Waals surface area contributed by atoms with Crippen molar-refractivity contribution < 1.29 is 46.1 Å². The van der Waals surface area contributed by atoms with Crippen LogP contribution in [0, 0.1) is 23.3 Å². The van der Waals surface area contributed by atoms with Crippen LogP contribution < -0.4 is 18.9 Å². The summed E-state index contributed by atoms with van der Waals surface area (Å²) in [6.45, 7) is 13.9. The number of esters is 2. The molecular formula is C44H48F4N4O6S2. The lowest BCUT2D eigenvalue weighted by Crippen LogP contribution is -2.48. The highest BCUT2D eigenvalue weighted by Crippen LogP contribution is 2.32. The highest BCUT2D eigenvalue weighted by molar-refractivity contribution is 7.97. The van der Waals surface area contributed by atoms with Gasteiger partial charge in [0.15, 0.2) is 34.8 Å². The fourth-order valence-corrected chi connectivity index (χ4v) is 7.19. The molecule has 0 amide bonds. The van der Waals surface area contributed by atoms with Crippen molar-refractivity contribution in [3.63, 3.8) is 0 Å². The molecule has 0 bridgehead atoms. The topological polar surface area (TPSA) is 102 Å². The first-order chi connectivity index (χ1) is 28.9. The van der Waals surface area contributed by atoms with Crippen LogP contribution >= 0.6 is 23.9 Å². The summed E-state index contributed by atoms with van der Waals surface area (Å²) in [6, 6.07) is 18.2. The highest BCUT2D eigenvalue weighted by Gasteiger charge is 2.18. The van der Waals surface area contributed by atoms with Gasteiger partial charge in [-0.25, -0.2) is 27.2 Å². The fourth-order valence-electron chi connectivity index (χ4n) is 5.93. The number of ether oxygens (including phenoxy) is 4. The molecule has 0 atom stereocenters. The van der Waals surface area contributed by atoms with Crippen molar-refractivity contribution >= 4 is 48.0 Å². The van der Waals surface area contributed by atoms with E-state index in [-0.39, 0.29) is 47.0 Å². The second kappa shape index (κ2) is 23.2. The van der Waals surface area contributed by atoms with E-state index < -0.39 is 46.7 Å². The van der Waals surface area contributed by atoms with Crippen molar-refractivity contribution in [2.24, 2.45) is 0 Å². The average molecular weight is 869 g/mol. The zero-order chi connectivity index (χ0) is 43.0. The zero-order valence-corrected chi connectivity index (χ0v) is 35.5. The van der Waals surface area contributed by atoms with Crippen LogP contribution in [0.25, 0.3) is 12.2 Å². The molecule has 1 saturated heterocycles. The average Bonchev–Trinajstić information content (AvgIpc) is 3.22. The van der Waals surface area contributed by atoms with E-state index in [0.717, 1.165) is 86.4 Å². The smallest absolute Gasteiger partial charge is 0.333 e. The van der Waals surface area contributed by atoms with Crippen molar-refractivity contribution in [3.8, 4) is 23.0 Å². The molecule has 0 aromatic heterocycles. The molecule has 16 heteroatoms. The Hall–Kier alpha value is -4.84. The van der Waals surface area contributed by atoms with E-state index >= 15 is 0 Å². The van der Waals surface area contributed by atoms with Crippen LogP contribution in [0.4, 0.5) is 17.6 Å². The van der Waals surface area contributed by atoms with Crippen molar-refractivity contribution in [1.82, 2.24) is 19.2 Å². The summed E-state index contributed by atoms with van der Waals surface area (Å²) in [4.78, 5) is 30.3. The Morgan fingerprint density at radius 2 is 0.933 bits per heavy atom. The van der Waals surface area contributed by atoms with E-state index in [1.807, 2.05) is 0 Å². The molecule has 2 N–H and O–H groups in total. The highest BCUT2D eigenvalue weighted by atomic mass is 32.2. The second-order valence-electron chi connectivity index (χ2n) is 13.5. The maximum Gasteiger partial charge on any atom is 0.333 e. The Morgan fingerprint density at radius 3 is 1.25 bits per heavy atom. The van der Waals surface area contributed by atoms with Gasteiger partial charge in [0.1, 0.15) is 11.5 Å². The molecule has 0 aliphatic carbocycles. The quantitative estimate of drug-likeness (QED) is 0.0291. The third-order valence-corrected chi connectivity index (χ3v) is 10.7. The van der Waals surface area contributed by atoms with Crippen LogP contribution in [0.15, 0.2) is 93.7 Å². The Balaban J connectivity index is 0.949. The molecule has 1 aliphatic rings. The molecule has 4 aromatic rings. The summed E-state index contributed by atoms with van der Waals surface area (Å²) in [6.07, 6.45) is 2.71. The minimum atomic E-state index is -0.887. The molecule has 0 unspecified atom stereocenters. The van der Waals surface area contributed by atoms with Crippen LogP contribution in [-0.4, -0.2) is 87.3 Å². The molecule has 0 radical (unpaired) electrons.